The van der Waals surface area contributed by atoms with E-state index in [1.165, 1.54) is 0 Å². The van der Waals surface area contributed by atoms with Gasteiger partial charge in [0.2, 0.25) is 11.8 Å². The lowest BCUT2D eigenvalue weighted by molar-refractivity contribution is -0.0380. The number of aromatic nitrogens is 5. The minimum Gasteiger partial charge on any atom is -0.479 e. The summed E-state index contributed by atoms with van der Waals surface area (Å²) in [4.78, 5) is 16.8. The second-order valence-corrected chi connectivity index (χ2v) is 7.58. The molecule has 1 aliphatic heterocycles. The Morgan fingerprint density at radius 2 is 2.10 bits per heavy atom. The molecule has 1 amide bonds. The highest BCUT2D eigenvalue weighted by Gasteiger charge is 2.26. The molecule has 10 nitrogen and oxygen atoms in total. The standard InChI is InChI=1S/C21H23N7O3/c1-12(14-10-31-11-14)24-21-25-20(30-3)18-15(5-7-28(18)26-21)13-4-6-27-17(8-13)16(9-23-27)19(29)22-2/h4-9,12,14H,10-11H2,1-3H3,(H,22,29)(H,24,26). The van der Waals surface area contributed by atoms with Gasteiger partial charge in [0.25, 0.3) is 5.91 Å². The van der Waals surface area contributed by atoms with E-state index in [4.69, 9.17) is 9.47 Å². The minimum absolute atomic E-state index is 0.184. The van der Waals surface area contributed by atoms with Crippen LogP contribution in [0.3, 0.4) is 0 Å². The number of anilines is 1. The summed E-state index contributed by atoms with van der Waals surface area (Å²) in [6.07, 6.45) is 5.26. The van der Waals surface area contributed by atoms with Crippen molar-refractivity contribution in [1.82, 2.24) is 29.5 Å². The van der Waals surface area contributed by atoms with Gasteiger partial charge in [-0.25, -0.2) is 9.03 Å². The summed E-state index contributed by atoms with van der Waals surface area (Å²) >= 11 is 0. The number of hydrogen-bond donors (Lipinski definition) is 2. The van der Waals surface area contributed by atoms with Crippen molar-refractivity contribution in [3.63, 3.8) is 0 Å². The number of amides is 1. The van der Waals surface area contributed by atoms with E-state index in [1.807, 2.05) is 30.6 Å². The van der Waals surface area contributed by atoms with E-state index in [0.717, 1.165) is 29.9 Å². The molecule has 1 unspecified atom stereocenters. The van der Waals surface area contributed by atoms with E-state index >= 15 is 0 Å². The van der Waals surface area contributed by atoms with Gasteiger partial charge in [0.1, 0.15) is 5.52 Å². The second kappa shape index (κ2) is 7.55. The zero-order valence-electron chi connectivity index (χ0n) is 17.5. The predicted octanol–water partition coefficient (Wildman–Crippen LogP) is 1.86. The number of carbonyl (C=O) groups is 1. The highest BCUT2D eigenvalue weighted by molar-refractivity contribution is 6.01. The van der Waals surface area contributed by atoms with Gasteiger partial charge in [0.15, 0.2) is 0 Å². The first-order valence-corrected chi connectivity index (χ1v) is 10.1. The number of rotatable bonds is 6. The maximum Gasteiger partial charge on any atom is 0.254 e. The molecule has 4 aromatic rings. The Hall–Kier alpha value is -3.66. The van der Waals surface area contributed by atoms with Crippen LogP contribution in [0.15, 0.2) is 36.8 Å². The van der Waals surface area contributed by atoms with Gasteiger partial charge in [0, 0.05) is 37.0 Å². The number of nitrogens with zero attached hydrogens (tertiary/aromatic N) is 5. The van der Waals surface area contributed by atoms with Gasteiger partial charge in [-0.15, -0.1) is 5.10 Å². The normalized spacial score (nSPS) is 15.1. The first-order chi connectivity index (χ1) is 15.1. The van der Waals surface area contributed by atoms with Crippen molar-refractivity contribution >= 4 is 22.9 Å². The summed E-state index contributed by atoms with van der Waals surface area (Å²) in [5, 5.41) is 14.9. The zero-order valence-corrected chi connectivity index (χ0v) is 17.5. The average Bonchev–Trinajstić information content (AvgIpc) is 3.35. The van der Waals surface area contributed by atoms with E-state index in [9.17, 15) is 4.79 Å². The molecule has 0 spiro atoms. The zero-order chi connectivity index (χ0) is 21.5. The number of nitrogens with one attached hydrogen (secondary N) is 2. The first-order valence-electron chi connectivity index (χ1n) is 10.1. The van der Waals surface area contributed by atoms with Crippen LogP contribution in [0.4, 0.5) is 5.95 Å². The van der Waals surface area contributed by atoms with Crippen LogP contribution >= 0.6 is 0 Å². The molecule has 4 aromatic heterocycles. The van der Waals surface area contributed by atoms with Crippen LogP contribution in [0, 0.1) is 5.92 Å². The Kier molecular flexibility index (Phi) is 4.70. The maximum atomic E-state index is 12.2. The van der Waals surface area contributed by atoms with Gasteiger partial charge >= 0.3 is 0 Å². The molecule has 0 aliphatic carbocycles. The van der Waals surface area contributed by atoms with Crippen LogP contribution in [0.5, 0.6) is 5.88 Å². The minimum atomic E-state index is -0.184. The van der Waals surface area contributed by atoms with E-state index in [0.29, 0.717) is 28.8 Å². The van der Waals surface area contributed by atoms with Crippen molar-refractivity contribution in [3.05, 3.63) is 42.4 Å². The Bertz CT molecular complexity index is 1270. The molecule has 1 atom stereocenters. The van der Waals surface area contributed by atoms with Crippen molar-refractivity contribution in [3.8, 4) is 17.0 Å². The lowest BCUT2D eigenvalue weighted by atomic mass is 10.0. The van der Waals surface area contributed by atoms with E-state index in [-0.39, 0.29) is 11.9 Å². The molecule has 1 fully saturated rings. The molecule has 0 bridgehead atoms. The monoisotopic (exact) mass is 421 g/mol. The topological polar surface area (TPSA) is 107 Å². The largest absolute Gasteiger partial charge is 0.479 e. The highest BCUT2D eigenvalue weighted by Crippen LogP contribution is 2.32. The number of carbonyl (C=O) groups excluding carboxylic acids is 1. The van der Waals surface area contributed by atoms with E-state index in [1.54, 1.807) is 29.4 Å². The van der Waals surface area contributed by atoms with E-state index in [2.05, 4.69) is 32.7 Å². The third-order valence-electron chi connectivity index (χ3n) is 5.70. The van der Waals surface area contributed by atoms with Gasteiger partial charge in [0.05, 0.1) is 37.6 Å². The van der Waals surface area contributed by atoms with Crippen LogP contribution in [-0.4, -0.2) is 63.5 Å². The summed E-state index contributed by atoms with van der Waals surface area (Å²) in [5.41, 5.74) is 3.78. The third-order valence-corrected chi connectivity index (χ3v) is 5.70. The number of ether oxygens (including phenoxy) is 2. The lowest BCUT2D eigenvalue weighted by Crippen LogP contribution is -2.40. The van der Waals surface area contributed by atoms with Crippen LogP contribution < -0.4 is 15.4 Å². The Morgan fingerprint density at radius 3 is 2.81 bits per heavy atom. The molecular formula is C21H23N7O3. The smallest absolute Gasteiger partial charge is 0.254 e. The predicted molar refractivity (Wildman–Crippen MR) is 115 cm³/mol. The molecule has 2 N–H and O–H groups in total. The molecular weight excluding hydrogens is 398 g/mol. The molecule has 10 heteroatoms. The Balaban J connectivity index is 1.56. The molecule has 160 valence electrons. The van der Waals surface area contributed by atoms with Crippen LogP contribution in [-0.2, 0) is 4.74 Å². The fourth-order valence-electron chi connectivity index (χ4n) is 3.75. The SMILES string of the molecule is CNC(=O)c1cnn2ccc(-c3ccn4nc(NC(C)C5COC5)nc(OC)c34)cc12. The molecule has 31 heavy (non-hydrogen) atoms. The summed E-state index contributed by atoms with van der Waals surface area (Å²) in [5.74, 6) is 1.23. The second-order valence-electron chi connectivity index (χ2n) is 7.58. The average molecular weight is 421 g/mol. The van der Waals surface area contributed by atoms with Crippen LogP contribution in [0.1, 0.15) is 17.3 Å². The summed E-state index contributed by atoms with van der Waals surface area (Å²) in [6, 6.07) is 6.02. The summed E-state index contributed by atoms with van der Waals surface area (Å²) in [7, 11) is 3.19. The Morgan fingerprint density at radius 1 is 1.29 bits per heavy atom. The van der Waals surface area contributed by atoms with Crippen LogP contribution in [0.2, 0.25) is 0 Å². The molecule has 5 rings (SSSR count). The quantitative estimate of drug-likeness (QED) is 0.489. The van der Waals surface area contributed by atoms with Crippen molar-refractivity contribution in [1.29, 1.82) is 0 Å². The number of methoxy groups -OCH3 is 1. The number of pyridine rings is 1. The van der Waals surface area contributed by atoms with Gasteiger partial charge in [-0.05, 0) is 30.7 Å². The van der Waals surface area contributed by atoms with Gasteiger partial charge in [-0.2, -0.15) is 10.1 Å². The Labute approximate surface area is 178 Å². The lowest BCUT2D eigenvalue weighted by Gasteiger charge is -2.31. The molecule has 0 saturated carbocycles. The summed E-state index contributed by atoms with van der Waals surface area (Å²) in [6.45, 7) is 3.59. The fourth-order valence-corrected chi connectivity index (χ4v) is 3.75. The van der Waals surface area contributed by atoms with Crippen LogP contribution in [0.25, 0.3) is 22.2 Å². The first kappa shape index (κ1) is 19.3. The van der Waals surface area contributed by atoms with Crippen molar-refractivity contribution in [2.45, 2.75) is 13.0 Å². The van der Waals surface area contributed by atoms with Gasteiger partial charge in [-0.3, -0.25) is 4.79 Å². The van der Waals surface area contributed by atoms with Gasteiger partial charge < -0.3 is 20.1 Å². The molecule has 1 aliphatic rings. The molecule has 0 aromatic carbocycles. The molecule has 0 radical (unpaired) electrons. The third kappa shape index (κ3) is 3.25. The van der Waals surface area contributed by atoms with E-state index < -0.39 is 0 Å². The van der Waals surface area contributed by atoms with Gasteiger partial charge in [-0.1, -0.05) is 0 Å². The van der Waals surface area contributed by atoms with Crippen molar-refractivity contribution in [2.24, 2.45) is 5.92 Å². The van der Waals surface area contributed by atoms with Crippen molar-refractivity contribution < 1.29 is 14.3 Å². The molecule has 5 heterocycles. The van der Waals surface area contributed by atoms with Crippen molar-refractivity contribution in [2.75, 3.05) is 32.7 Å². The fraction of sp³-hybridized carbons (Fsp3) is 0.333. The molecule has 1 saturated heterocycles. The number of fused-ring (bicyclic) bond motifs is 2. The maximum absolute atomic E-state index is 12.2. The number of hydrogen-bond acceptors (Lipinski definition) is 7. The summed E-state index contributed by atoms with van der Waals surface area (Å²) < 4.78 is 14.3. The highest BCUT2D eigenvalue weighted by atomic mass is 16.5.